The van der Waals surface area contributed by atoms with Crippen molar-refractivity contribution in [3.8, 4) is 5.88 Å². The number of rotatable bonds is 5. The van der Waals surface area contributed by atoms with Gasteiger partial charge in [-0.25, -0.2) is 4.98 Å². The minimum Gasteiger partial charge on any atom is -0.474 e. The molecule has 0 aromatic carbocycles. The SMILES string of the molecule is CNc1cc(OC2CCOCC2)nc(COC)n1. The molecular formula is C12H19N3O3. The van der Waals surface area contributed by atoms with Crippen LogP contribution >= 0.6 is 0 Å². The summed E-state index contributed by atoms with van der Waals surface area (Å²) in [5, 5.41) is 2.99. The largest absolute Gasteiger partial charge is 0.474 e. The summed E-state index contributed by atoms with van der Waals surface area (Å²) in [6.45, 7) is 1.87. The summed E-state index contributed by atoms with van der Waals surface area (Å²) < 4.78 is 16.2. The van der Waals surface area contributed by atoms with E-state index in [1.54, 1.807) is 13.2 Å². The molecule has 6 nitrogen and oxygen atoms in total. The summed E-state index contributed by atoms with van der Waals surface area (Å²) in [5.41, 5.74) is 0. The summed E-state index contributed by atoms with van der Waals surface area (Å²) in [4.78, 5) is 8.61. The first-order chi connectivity index (χ1) is 8.81. The Hall–Kier alpha value is -1.40. The van der Waals surface area contributed by atoms with E-state index in [9.17, 15) is 0 Å². The van der Waals surface area contributed by atoms with Gasteiger partial charge < -0.3 is 19.5 Å². The van der Waals surface area contributed by atoms with Crippen molar-refractivity contribution in [3.63, 3.8) is 0 Å². The van der Waals surface area contributed by atoms with Gasteiger partial charge in [-0.15, -0.1) is 0 Å². The van der Waals surface area contributed by atoms with E-state index in [1.165, 1.54) is 0 Å². The average molecular weight is 253 g/mol. The lowest BCUT2D eigenvalue weighted by molar-refractivity contribution is 0.0234. The van der Waals surface area contributed by atoms with Crippen LogP contribution in [0.15, 0.2) is 6.07 Å². The standard InChI is InChI=1S/C12H19N3O3/c1-13-10-7-12(15-11(14-10)8-16-2)18-9-3-5-17-6-4-9/h7,9H,3-6,8H2,1-2H3,(H,13,14,15). The van der Waals surface area contributed by atoms with Crippen LogP contribution in [0.1, 0.15) is 18.7 Å². The summed E-state index contributed by atoms with van der Waals surface area (Å²) in [7, 11) is 3.44. The summed E-state index contributed by atoms with van der Waals surface area (Å²) in [5.74, 6) is 1.94. The van der Waals surface area contributed by atoms with Gasteiger partial charge in [0.1, 0.15) is 18.5 Å². The van der Waals surface area contributed by atoms with Crippen molar-refractivity contribution >= 4 is 5.82 Å². The number of nitrogens with one attached hydrogen (secondary N) is 1. The Balaban J connectivity index is 2.07. The molecule has 1 fully saturated rings. The maximum atomic E-state index is 5.86. The van der Waals surface area contributed by atoms with Crippen molar-refractivity contribution in [1.29, 1.82) is 0 Å². The molecule has 0 amide bonds. The molecule has 1 N–H and O–H groups in total. The molecule has 1 saturated heterocycles. The van der Waals surface area contributed by atoms with E-state index in [0.29, 0.717) is 18.3 Å². The average Bonchev–Trinajstić information content (AvgIpc) is 2.40. The van der Waals surface area contributed by atoms with E-state index >= 15 is 0 Å². The molecule has 6 heteroatoms. The molecule has 1 aliphatic heterocycles. The molecule has 0 atom stereocenters. The number of ether oxygens (including phenoxy) is 3. The molecule has 0 saturated carbocycles. The van der Waals surface area contributed by atoms with Crippen LogP contribution in [0.4, 0.5) is 5.82 Å². The van der Waals surface area contributed by atoms with Crippen LogP contribution in [0.2, 0.25) is 0 Å². The fourth-order valence-corrected chi connectivity index (χ4v) is 1.82. The third kappa shape index (κ3) is 3.54. The van der Waals surface area contributed by atoms with Gasteiger partial charge in [0, 0.05) is 33.1 Å². The number of aromatic nitrogens is 2. The van der Waals surface area contributed by atoms with Crippen LogP contribution in [0.3, 0.4) is 0 Å². The van der Waals surface area contributed by atoms with E-state index in [2.05, 4.69) is 15.3 Å². The second-order valence-corrected chi connectivity index (χ2v) is 4.12. The topological polar surface area (TPSA) is 65.5 Å². The van der Waals surface area contributed by atoms with Crippen molar-refractivity contribution in [2.45, 2.75) is 25.6 Å². The zero-order chi connectivity index (χ0) is 12.8. The van der Waals surface area contributed by atoms with Gasteiger partial charge in [0.25, 0.3) is 0 Å². The lowest BCUT2D eigenvalue weighted by Crippen LogP contribution is -2.26. The first-order valence-electron chi connectivity index (χ1n) is 6.11. The molecule has 1 aromatic rings. The molecule has 2 rings (SSSR count). The monoisotopic (exact) mass is 253 g/mol. The van der Waals surface area contributed by atoms with Crippen molar-refractivity contribution in [3.05, 3.63) is 11.9 Å². The van der Waals surface area contributed by atoms with Gasteiger partial charge in [-0.3, -0.25) is 0 Å². The lowest BCUT2D eigenvalue weighted by Gasteiger charge is -2.23. The van der Waals surface area contributed by atoms with Crippen LogP contribution in [-0.4, -0.2) is 43.4 Å². The van der Waals surface area contributed by atoms with E-state index in [0.717, 1.165) is 31.9 Å². The number of hydrogen-bond donors (Lipinski definition) is 1. The number of hydrogen-bond acceptors (Lipinski definition) is 6. The smallest absolute Gasteiger partial charge is 0.219 e. The maximum absolute atomic E-state index is 5.86. The van der Waals surface area contributed by atoms with E-state index in [1.807, 2.05) is 7.05 Å². The van der Waals surface area contributed by atoms with Gasteiger partial charge in [0.05, 0.1) is 13.2 Å². The Morgan fingerprint density at radius 1 is 1.39 bits per heavy atom. The minimum atomic E-state index is 0.175. The zero-order valence-corrected chi connectivity index (χ0v) is 10.8. The lowest BCUT2D eigenvalue weighted by atomic mass is 10.2. The second-order valence-electron chi connectivity index (χ2n) is 4.12. The highest BCUT2D eigenvalue weighted by Crippen LogP contribution is 2.18. The minimum absolute atomic E-state index is 0.175. The maximum Gasteiger partial charge on any atom is 0.219 e. The number of methoxy groups -OCH3 is 1. The highest BCUT2D eigenvalue weighted by atomic mass is 16.5. The van der Waals surface area contributed by atoms with Gasteiger partial charge in [-0.1, -0.05) is 0 Å². The van der Waals surface area contributed by atoms with Crippen molar-refractivity contribution in [1.82, 2.24) is 9.97 Å². The molecule has 0 spiro atoms. The molecule has 0 aliphatic carbocycles. The van der Waals surface area contributed by atoms with Gasteiger partial charge in [0.15, 0.2) is 5.82 Å². The molecule has 0 bridgehead atoms. The first-order valence-corrected chi connectivity index (χ1v) is 6.11. The Morgan fingerprint density at radius 2 is 2.17 bits per heavy atom. The van der Waals surface area contributed by atoms with E-state index < -0.39 is 0 Å². The van der Waals surface area contributed by atoms with Gasteiger partial charge in [-0.05, 0) is 0 Å². The Morgan fingerprint density at radius 3 is 2.83 bits per heavy atom. The highest BCUT2D eigenvalue weighted by molar-refractivity contribution is 5.37. The summed E-state index contributed by atoms with van der Waals surface area (Å²) in [6, 6.07) is 1.80. The quantitative estimate of drug-likeness (QED) is 0.851. The van der Waals surface area contributed by atoms with Gasteiger partial charge in [0.2, 0.25) is 5.88 Å². The van der Waals surface area contributed by atoms with Crippen LogP contribution < -0.4 is 10.1 Å². The first kappa shape index (κ1) is 13.0. The normalized spacial score (nSPS) is 16.6. The molecule has 0 radical (unpaired) electrons. The summed E-state index contributed by atoms with van der Waals surface area (Å²) >= 11 is 0. The molecular weight excluding hydrogens is 234 g/mol. The van der Waals surface area contributed by atoms with Crippen molar-refractivity contribution in [2.24, 2.45) is 0 Å². The molecule has 2 heterocycles. The molecule has 18 heavy (non-hydrogen) atoms. The van der Waals surface area contributed by atoms with Crippen LogP contribution in [0, 0.1) is 0 Å². The predicted octanol–water partition coefficient (Wildman–Crippen LogP) is 1.22. The van der Waals surface area contributed by atoms with Crippen molar-refractivity contribution in [2.75, 3.05) is 32.7 Å². The Bertz CT molecular complexity index is 381. The van der Waals surface area contributed by atoms with Crippen LogP contribution in [-0.2, 0) is 16.1 Å². The second kappa shape index (κ2) is 6.51. The van der Waals surface area contributed by atoms with Gasteiger partial charge in [-0.2, -0.15) is 4.98 Å². The third-order valence-electron chi connectivity index (χ3n) is 2.73. The highest BCUT2D eigenvalue weighted by Gasteiger charge is 2.16. The Kier molecular flexibility index (Phi) is 4.72. The molecule has 1 aromatic heterocycles. The molecule has 100 valence electrons. The number of nitrogens with zero attached hydrogens (tertiary/aromatic N) is 2. The third-order valence-corrected chi connectivity index (χ3v) is 2.73. The summed E-state index contributed by atoms with van der Waals surface area (Å²) in [6.07, 6.45) is 1.98. The number of anilines is 1. The fraction of sp³-hybridized carbons (Fsp3) is 0.667. The van der Waals surface area contributed by atoms with Crippen LogP contribution in [0.25, 0.3) is 0 Å². The molecule has 1 aliphatic rings. The van der Waals surface area contributed by atoms with Crippen LogP contribution in [0.5, 0.6) is 5.88 Å². The zero-order valence-electron chi connectivity index (χ0n) is 10.8. The fourth-order valence-electron chi connectivity index (χ4n) is 1.82. The van der Waals surface area contributed by atoms with E-state index in [4.69, 9.17) is 14.2 Å². The molecule has 0 unspecified atom stereocenters. The Labute approximate surface area is 107 Å². The van der Waals surface area contributed by atoms with E-state index in [-0.39, 0.29) is 6.10 Å². The van der Waals surface area contributed by atoms with Crippen molar-refractivity contribution < 1.29 is 14.2 Å². The van der Waals surface area contributed by atoms with Gasteiger partial charge >= 0.3 is 0 Å². The predicted molar refractivity (Wildman–Crippen MR) is 66.8 cm³/mol.